The lowest BCUT2D eigenvalue weighted by Crippen LogP contribution is -2.48. The van der Waals surface area contributed by atoms with E-state index in [1.54, 1.807) is 72.8 Å². The summed E-state index contributed by atoms with van der Waals surface area (Å²) in [6, 6.07) is 26.9. The molecule has 0 N–H and O–H groups in total. The Hall–Kier alpha value is -5.44. The average Bonchev–Trinajstić information content (AvgIpc) is 3.66. The molecule has 0 bridgehead atoms. The predicted octanol–water partition coefficient (Wildman–Crippen LogP) is 5.09. The molecular formula is C41H33N3O6. The number of fused-ring (bicyclic) bond motifs is 8. The number of nitrogens with zero attached hydrogens (tertiary/aromatic N) is 3. The van der Waals surface area contributed by atoms with Crippen molar-refractivity contribution in [3.8, 4) is 0 Å². The minimum atomic E-state index is -0.756. The third-order valence-electron chi connectivity index (χ3n) is 12.6. The van der Waals surface area contributed by atoms with E-state index in [0.29, 0.717) is 42.7 Å². The molecule has 9 heteroatoms. The molecule has 7 aliphatic rings. The molecule has 0 aromatic heterocycles. The van der Waals surface area contributed by atoms with Crippen LogP contribution in [-0.4, -0.2) is 35.4 Å². The molecule has 50 heavy (non-hydrogen) atoms. The zero-order chi connectivity index (χ0) is 34.0. The monoisotopic (exact) mass is 663 g/mol. The summed E-state index contributed by atoms with van der Waals surface area (Å²) in [5.74, 6) is -6.32. The molecule has 9 atom stereocenters. The first-order valence-corrected chi connectivity index (χ1v) is 17.6. The maximum atomic E-state index is 14.5. The minimum absolute atomic E-state index is 0.173. The molecule has 3 aliphatic heterocycles. The molecule has 0 spiro atoms. The molecule has 4 aliphatic carbocycles. The molecule has 3 heterocycles. The number of imide groups is 3. The van der Waals surface area contributed by atoms with Crippen LogP contribution in [0.25, 0.3) is 0 Å². The molecule has 9 nitrogen and oxygen atoms in total. The maximum Gasteiger partial charge on any atom is 0.242 e. The van der Waals surface area contributed by atoms with Crippen molar-refractivity contribution in [1.82, 2.24) is 0 Å². The molecule has 3 saturated heterocycles. The zero-order valence-corrected chi connectivity index (χ0v) is 27.1. The number of benzene rings is 3. The SMILES string of the molecule is O=C1[C@H]2C3=C4[C@@H](C[C@@H]5C(=O)N(c6ccccc6)C(=O)[C@@H]5[C@@H]4C[C@H]2C(=O)N1c1ccccc1)C[C@@H]1C3=CC[C@@H]2C(=O)N(c3ccccc3)C(=O)[C@@H]21. The number of hydrogen-bond acceptors (Lipinski definition) is 6. The molecule has 1 saturated carbocycles. The van der Waals surface area contributed by atoms with Gasteiger partial charge in [0.2, 0.25) is 35.4 Å². The summed E-state index contributed by atoms with van der Waals surface area (Å²) < 4.78 is 0. The van der Waals surface area contributed by atoms with E-state index in [1.165, 1.54) is 14.7 Å². The van der Waals surface area contributed by atoms with Crippen molar-refractivity contribution >= 4 is 52.5 Å². The van der Waals surface area contributed by atoms with Crippen LogP contribution in [-0.2, 0) is 28.8 Å². The Balaban J connectivity index is 1.12. The van der Waals surface area contributed by atoms with Gasteiger partial charge in [0.05, 0.1) is 52.6 Å². The molecule has 6 amide bonds. The van der Waals surface area contributed by atoms with Crippen LogP contribution in [0.1, 0.15) is 25.7 Å². The van der Waals surface area contributed by atoms with Gasteiger partial charge in [-0.05, 0) is 91.0 Å². The Morgan fingerprint density at radius 2 is 0.900 bits per heavy atom. The first-order chi connectivity index (χ1) is 24.3. The van der Waals surface area contributed by atoms with Crippen molar-refractivity contribution in [2.75, 3.05) is 14.7 Å². The largest absolute Gasteiger partial charge is 0.274 e. The van der Waals surface area contributed by atoms with E-state index in [4.69, 9.17) is 0 Å². The summed E-state index contributed by atoms with van der Waals surface area (Å²) in [5, 5.41) is 0. The number of hydrogen-bond donors (Lipinski definition) is 0. The Bertz CT molecular complexity index is 2110. The third kappa shape index (κ3) is 3.77. The van der Waals surface area contributed by atoms with Gasteiger partial charge in [-0.2, -0.15) is 0 Å². The minimum Gasteiger partial charge on any atom is -0.274 e. The molecule has 3 aromatic rings. The highest BCUT2D eigenvalue weighted by molar-refractivity contribution is 6.25. The van der Waals surface area contributed by atoms with E-state index in [2.05, 4.69) is 0 Å². The van der Waals surface area contributed by atoms with E-state index >= 15 is 0 Å². The van der Waals surface area contributed by atoms with Crippen molar-refractivity contribution in [1.29, 1.82) is 0 Å². The van der Waals surface area contributed by atoms with Crippen molar-refractivity contribution in [3.05, 3.63) is 114 Å². The van der Waals surface area contributed by atoms with E-state index < -0.39 is 41.4 Å². The van der Waals surface area contributed by atoms with Gasteiger partial charge in [0, 0.05) is 0 Å². The van der Waals surface area contributed by atoms with Crippen LogP contribution in [0.2, 0.25) is 0 Å². The summed E-state index contributed by atoms with van der Waals surface area (Å²) in [6.07, 6.45) is 3.66. The van der Waals surface area contributed by atoms with Gasteiger partial charge < -0.3 is 0 Å². The lowest BCUT2D eigenvalue weighted by atomic mass is 9.50. The van der Waals surface area contributed by atoms with Crippen LogP contribution < -0.4 is 14.7 Å². The molecule has 4 fully saturated rings. The summed E-state index contributed by atoms with van der Waals surface area (Å²) >= 11 is 0. The first-order valence-electron chi connectivity index (χ1n) is 17.6. The second kappa shape index (κ2) is 10.5. The summed E-state index contributed by atoms with van der Waals surface area (Å²) in [5.41, 5.74) is 4.25. The van der Waals surface area contributed by atoms with Gasteiger partial charge in [-0.3, -0.25) is 38.6 Å². The molecule has 248 valence electrons. The van der Waals surface area contributed by atoms with E-state index in [9.17, 15) is 28.8 Å². The van der Waals surface area contributed by atoms with E-state index in [-0.39, 0.29) is 47.3 Å². The average molecular weight is 664 g/mol. The standard InChI is InChI=1S/C41H33N3O6/c45-36-26-17-16-25-27(32(26)39(48)42(36)22-10-4-1-5-11-22)18-21-19-29-33(40(49)43(37(29)46)23-12-6-2-7-13-23)28-20-30-35(34(25)31(21)28)41(50)44(38(30)47)24-14-8-3-9-15-24/h1-16,21,26-30,32-33,35H,17-20H2/t21-,26+,27-,28-,29+,30-,32+,33-,35-/m1/s1. The molecule has 3 aromatic carbocycles. The second-order valence-electron chi connectivity index (χ2n) is 14.8. The Kier molecular flexibility index (Phi) is 6.21. The normalized spacial score (nSPS) is 34.0. The third-order valence-corrected chi connectivity index (χ3v) is 12.6. The van der Waals surface area contributed by atoms with Crippen LogP contribution in [0.15, 0.2) is 114 Å². The van der Waals surface area contributed by atoms with Crippen LogP contribution >= 0.6 is 0 Å². The van der Waals surface area contributed by atoms with Crippen LogP contribution in [0.4, 0.5) is 17.1 Å². The fourth-order valence-electron chi connectivity index (χ4n) is 10.8. The van der Waals surface area contributed by atoms with Gasteiger partial charge in [0.1, 0.15) is 0 Å². The van der Waals surface area contributed by atoms with Crippen molar-refractivity contribution < 1.29 is 28.8 Å². The Morgan fingerprint density at radius 1 is 0.440 bits per heavy atom. The number of carbonyl (C=O) groups is 6. The van der Waals surface area contributed by atoms with E-state index in [1.807, 2.05) is 24.3 Å². The maximum absolute atomic E-state index is 14.5. The fourth-order valence-corrected chi connectivity index (χ4v) is 10.8. The van der Waals surface area contributed by atoms with Crippen LogP contribution in [0, 0.1) is 53.3 Å². The van der Waals surface area contributed by atoms with Crippen LogP contribution in [0.3, 0.4) is 0 Å². The quantitative estimate of drug-likeness (QED) is 0.361. The van der Waals surface area contributed by atoms with Gasteiger partial charge in [0.25, 0.3) is 0 Å². The highest BCUT2D eigenvalue weighted by atomic mass is 16.2. The van der Waals surface area contributed by atoms with Crippen molar-refractivity contribution in [3.63, 3.8) is 0 Å². The smallest absolute Gasteiger partial charge is 0.242 e. The zero-order valence-electron chi connectivity index (χ0n) is 27.1. The molecule has 0 radical (unpaired) electrons. The number of allylic oxidation sites excluding steroid dienone is 3. The number of anilines is 3. The van der Waals surface area contributed by atoms with Gasteiger partial charge in [-0.15, -0.1) is 0 Å². The van der Waals surface area contributed by atoms with Crippen molar-refractivity contribution in [2.24, 2.45) is 53.3 Å². The summed E-state index contributed by atoms with van der Waals surface area (Å²) in [6.45, 7) is 0. The topological polar surface area (TPSA) is 112 Å². The number of amides is 6. The van der Waals surface area contributed by atoms with Gasteiger partial charge in [-0.25, -0.2) is 4.90 Å². The van der Waals surface area contributed by atoms with E-state index in [0.717, 1.165) is 16.7 Å². The van der Waals surface area contributed by atoms with Gasteiger partial charge in [-0.1, -0.05) is 66.2 Å². The lowest BCUT2D eigenvalue weighted by Gasteiger charge is -2.51. The van der Waals surface area contributed by atoms with Gasteiger partial charge >= 0.3 is 0 Å². The second-order valence-corrected chi connectivity index (χ2v) is 14.8. The summed E-state index contributed by atoms with van der Waals surface area (Å²) in [4.78, 5) is 89.5. The number of rotatable bonds is 3. The first kappa shape index (κ1) is 29.5. The predicted molar refractivity (Wildman–Crippen MR) is 182 cm³/mol. The lowest BCUT2D eigenvalue weighted by molar-refractivity contribution is -0.126. The molecule has 10 rings (SSSR count). The van der Waals surface area contributed by atoms with Crippen LogP contribution in [0.5, 0.6) is 0 Å². The molecular weight excluding hydrogens is 630 g/mol. The fraction of sp³-hybridized carbons (Fsp3) is 0.317. The number of carbonyl (C=O) groups excluding carboxylic acids is 6. The molecule has 0 unspecified atom stereocenters. The van der Waals surface area contributed by atoms with Crippen molar-refractivity contribution in [2.45, 2.75) is 25.7 Å². The summed E-state index contributed by atoms with van der Waals surface area (Å²) in [7, 11) is 0. The highest BCUT2D eigenvalue weighted by Crippen LogP contribution is 2.64. The Morgan fingerprint density at radius 3 is 1.46 bits per heavy atom. The Labute approximate surface area is 288 Å². The highest BCUT2D eigenvalue weighted by Gasteiger charge is 2.66. The van der Waals surface area contributed by atoms with Gasteiger partial charge in [0.15, 0.2) is 0 Å². The number of para-hydroxylation sites is 3.